The number of fused-ring (bicyclic) bond motifs is 1. The van der Waals surface area contributed by atoms with Crippen molar-refractivity contribution >= 4 is 33.4 Å². The van der Waals surface area contributed by atoms with Crippen molar-refractivity contribution in [3.05, 3.63) is 76.3 Å². The lowest BCUT2D eigenvalue weighted by Gasteiger charge is -2.27. The highest BCUT2D eigenvalue weighted by atomic mass is 79.9. The fourth-order valence-electron chi connectivity index (χ4n) is 3.85. The van der Waals surface area contributed by atoms with Gasteiger partial charge in [-0.1, -0.05) is 52.8 Å². The molecule has 4 nitrogen and oxygen atoms in total. The van der Waals surface area contributed by atoms with Crippen molar-refractivity contribution in [2.24, 2.45) is 0 Å². The Hall–Kier alpha value is -2.40. The molecule has 132 valence electrons. The normalized spacial score (nSPS) is 19.2. The third kappa shape index (κ3) is 2.86. The number of hydrogen-bond acceptors (Lipinski definition) is 2. The van der Waals surface area contributed by atoms with E-state index in [2.05, 4.69) is 34.6 Å². The van der Waals surface area contributed by atoms with Crippen molar-refractivity contribution in [2.45, 2.75) is 18.9 Å². The molecule has 2 aliphatic heterocycles. The lowest BCUT2D eigenvalue weighted by atomic mass is 10.0. The minimum absolute atomic E-state index is 0.0326. The molecular weight excluding hydrogens is 392 g/mol. The van der Waals surface area contributed by atoms with Gasteiger partial charge >= 0.3 is 0 Å². The highest BCUT2D eigenvalue weighted by molar-refractivity contribution is 9.10. The highest BCUT2D eigenvalue weighted by Crippen LogP contribution is 2.35. The molecule has 1 atom stereocenters. The molecular formula is C21H19BrN2O2. The lowest BCUT2D eigenvalue weighted by Crippen LogP contribution is -2.39. The van der Waals surface area contributed by atoms with Crippen LogP contribution in [-0.2, 0) is 4.79 Å². The molecule has 0 bridgehead atoms. The zero-order chi connectivity index (χ0) is 18.3. The van der Waals surface area contributed by atoms with Crippen molar-refractivity contribution in [3.8, 4) is 0 Å². The monoisotopic (exact) mass is 410 g/mol. The zero-order valence-electron chi connectivity index (χ0n) is 14.3. The number of hydrogen-bond donors (Lipinski definition) is 0. The fraction of sp³-hybridized carbons (Fsp3) is 0.238. The van der Waals surface area contributed by atoms with Crippen LogP contribution in [-0.4, -0.2) is 34.7 Å². The van der Waals surface area contributed by atoms with Gasteiger partial charge in [-0.3, -0.25) is 14.5 Å². The van der Waals surface area contributed by atoms with E-state index in [4.69, 9.17) is 0 Å². The first-order valence-electron chi connectivity index (χ1n) is 8.71. The van der Waals surface area contributed by atoms with Gasteiger partial charge in [0, 0.05) is 27.8 Å². The van der Waals surface area contributed by atoms with Gasteiger partial charge in [-0.25, -0.2) is 0 Å². The molecule has 0 spiro atoms. The van der Waals surface area contributed by atoms with Gasteiger partial charge < -0.3 is 4.90 Å². The molecule has 26 heavy (non-hydrogen) atoms. The summed E-state index contributed by atoms with van der Waals surface area (Å²) in [5, 5.41) is 0. The van der Waals surface area contributed by atoms with Gasteiger partial charge in [0.15, 0.2) is 0 Å². The molecule has 0 aromatic heterocycles. The van der Waals surface area contributed by atoms with E-state index in [0.29, 0.717) is 11.3 Å². The number of carbonyl (C=O) groups excluding carboxylic acids is 2. The van der Waals surface area contributed by atoms with Crippen LogP contribution in [0.15, 0.2) is 59.6 Å². The Morgan fingerprint density at radius 2 is 1.92 bits per heavy atom. The first-order valence-corrected chi connectivity index (χ1v) is 9.50. The molecule has 2 aromatic carbocycles. The van der Waals surface area contributed by atoms with Crippen molar-refractivity contribution in [3.63, 3.8) is 0 Å². The first-order chi connectivity index (χ1) is 12.6. The Bertz CT molecular complexity index is 873. The standard InChI is InChI=1S/C21H19BrN2O2/c1-14-17-8-2-3-9-18(17)21(26)24(14)13-20(25)23-11-5-10-19(23)15-6-4-7-16(22)12-15/h2-4,6-9,12,19H,1,5,10-11,13H2/t19-/m1/s1. The maximum Gasteiger partial charge on any atom is 0.259 e. The molecule has 4 rings (SSSR count). The predicted molar refractivity (Wildman–Crippen MR) is 104 cm³/mol. The first kappa shape index (κ1) is 17.0. The highest BCUT2D eigenvalue weighted by Gasteiger charge is 2.36. The number of likely N-dealkylation sites (tertiary alicyclic amines) is 1. The number of benzene rings is 2. The van der Waals surface area contributed by atoms with Crippen LogP contribution >= 0.6 is 15.9 Å². The van der Waals surface area contributed by atoms with Crippen molar-refractivity contribution in [2.75, 3.05) is 13.1 Å². The van der Waals surface area contributed by atoms with Gasteiger partial charge in [-0.2, -0.15) is 0 Å². The number of amides is 2. The minimum Gasteiger partial charge on any atom is -0.334 e. The van der Waals surface area contributed by atoms with E-state index in [0.717, 1.165) is 35.0 Å². The van der Waals surface area contributed by atoms with Gasteiger partial charge in [0.05, 0.1) is 6.04 Å². The molecule has 1 fully saturated rings. The van der Waals surface area contributed by atoms with Crippen LogP contribution < -0.4 is 0 Å². The van der Waals surface area contributed by atoms with Crippen molar-refractivity contribution in [1.29, 1.82) is 0 Å². The summed E-state index contributed by atoms with van der Waals surface area (Å²) < 4.78 is 1.01. The Balaban J connectivity index is 1.53. The van der Waals surface area contributed by atoms with Crippen LogP contribution in [0.5, 0.6) is 0 Å². The van der Waals surface area contributed by atoms with Gasteiger partial charge in [-0.05, 0) is 36.6 Å². The third-order valence-electron chi connectivity index (χ3n) is 5.14. The largest absolute Gasteiger partial charge is 0.334 e. The molecule has 0 radical (unpaired) electrons. The molecule has 1 saturated heterocycles. The van der Waals surface area contributed by atoms with E-state index in [1.165, 1.54) is 4.90 Å². The fourth-order valence-corrected chi connectivity index (χ4v) is 4.27. The van der Waals surface area contributed by atoms with Crippen LogP contribution in [0, 0.1) is 0 Å². The van der Waals surface area contributed by atoms with E-state index < -0.39 is 0 Å². The van der Waals surface area contributed by atoms with Crippen LogP contribution in [0.2, 0.25) is 0 Å². The van der Waals surface area contributed by atoms with E-state index in [-0.39, 0.29) is 24.4 Å². The average Bonchev–Trinajstić information content (AvgIpc) is 3.22. The third-order valence-corrected chi connectivity index (χ3v) is 5.63. The second-order valence-electron chi connectivity index (χ2n) is 6.68. The maximum absolute atomic E-state index is 13.0. The summed E-state index contributed by atoms with van der Waals surface area (Å²) >= 11 is 3.50. The average molecular weight is 411 g/mol. The van der Waals surface area contributed by atoms with Crippen LogP contribution in [0.1, 0.15) is 40.4 Å². The Kier molecular flexibility index (Phi) is 4.41. The maximum atomic E-state index is 13.0. The van der Waals surface area contributed by atoms with Gasteiger partial charge in [-0.15, -0.1) is 0 Å². The second kappa shape index (κ2) is 6.72. The molecule has 5 heteroatoms. The van der Waals surface area contributed by atoms with Gasteiger partial charge in [0.1, 0.15) is 6.54 Å². The SMILES string of the molecule is C=C1c2ccccc2C(=O)N1CC(=O)N1CCC[C@@H]1c1cccc(Br)c1. The van der Waals surface area contributed by atoms with Gasteiger partial charge in [0.2, 0.25) is 5.91 Å². The topological polar surface area (TPSA) is 40.6 Å². The molecule has 0 aliphatic carbocycles. The summed E-state index contributed by atoms with van der Waals surface area (Å²) in [4.78, 5) is 29.0. The van der Waals surface area contributed by atoms with E-state index in [1.807, 2.05) is 35.2 Å². The summed E-state index contributed by atoms with van der Waals surface area (Å²) in [7, 11) is 0. The summed E-state index contributed by atoms with van der Waals surface area (Å²) in [5.74, 6) is -0.174. The van der Waals surface area contributed by atoms with E-state index in [9.17, 15) is 9.59 Å². The number of rotatable bonds is 3. The van der Waals surface area contributed by atoms with Crippen LogP contribution in [0.25, 0.3) is 5.70 Å². The molecule has 2 aliphatic rings. The van der Waals surface area contributed by atoms with E-state index in [1.54, 1.807) is 6.07 Å². The lowest BCUT2D eigenvalue weighted by molar-refractivity contribution is -0.132. The van der Waals surface area contributed by atoms with Gasteiger partial charge in [0.25, 0.3) is 5.91 Å². The van der Waals surface area contributed by atoms with Crippen molar-refractivity contribution in [1.82, 2.24) is 9.80 Å². The Morgan fingerprint density at radius 3 is 2.65 bits per heavy atom. The predicted octanol–water partition coefficient (Wildman–Crippen LogP) is 4.24. The van der Waals surface area contributed by atoms with Crippen LogP contribution in [0.4, 0.5) is 0 Å². The Morgan fingerprint density at radius 1 is 1.15 bits per heavy atom. The van der Waals surface area contributed by atoms with Crippen LogP contribution in [0.3, 0.4) is 0 Å². The summed E-state index contributed by atoms with van der Waals surface area (Å²) in [6.45, 7) is 4.78. The summed E-state index contributed by atoms with van der Waals surface area (Å²) in [6, 6.07) is 15.5. The number of nitrogens with zero attached hydrogens (tertiary/aromatic N) is 2. The number of carbonyl (C=O) groups is 2. The quantitative estimate of drug-likeness (QED) is 0.758. The number of halogens is 1. The minimum atomic E-state index is -0.142. The molecule has 0 unspecified atom stereocenters. The molecule has 2 aromatic rings. The molecule has 2 amide bonds. The molecule has 0 saturated carbocycles. The zero-order valence-corrected chi connectivity index (χ0v) is 15.9. The summed E-state index contributed by atoms with van der Waals surface area (Å²) in [6.07, 6.45) is 1.91. The Labute approximate surface area is 161 Å². The summed E-state index contributed by atoms with van der Waals surface area (Å²) in [5.41, 5.74) is 3.17. The molecule has 0 N–H and O–H groups in total. The van der Waals surface area contributed by atoms with Crippen molar-refractivity contribution < 1.29 is 9.59 Å². The second-order valence-corrected chi connectivity index (χ2v) is 7.60. The smallest absolute Gasteiger partial charge is 0.259 e. The molecule has 2 heterocycles. The van der Waals surface area contributed by atoms with E-state index >= 15 is 0 Å².